The molecular weight excluding hydrogens is 100.0 g/mol. The minimum Gasteiger partial charge on any atom is 0 e. The molecular formula is C2SiTi. The fourth-order valence-electron chi connectivity index (χ4n) is 0. The van der Waals surface area contributed by atoms with E-state index < -0.39 is 0 Å². The number of hydrogen-bond acceptors (Lipinski definition) is 0. The molecule has 2 heteroatoms. The Hall–Kier alpha value is 0.931. The number of hydrogen-bond donors (Lipinski definition) is 0. The molecule has 12 radical (unpaired) electrons. The van der Waals surface area contributed by atoms with Crippen LogP contribution in [-0.2, 0) is 21.7 Å². The van der Waals surface area contributed by atoms with Crippen molar-refractivity contribution < 1.29 is 21.7 Å². The van der Waals surface area contributed by atoms with E-state index in [1.165, 1.54) is 0 Å². The van der Waals surface area contributed by atoms with Crippen molar-refractivity contribution in [2.45, 2.75) is 0 Å². The molecule has 0 fully saturated rings. The third-order valence-electron chi connectivity index (χ3n) is 0. The van der Waals surface area contributed by atoms with Crippen molar-refractivity contribution in [3.63, 3.8) is 0 Å². The van der Waals surface area contributed by atoms with E-state index in [2.05, 4.69) is 0 Å². The number of rotatable bonds is 0. The van der Waals surface area contributed by atoms with Crippen LogP contribution in [0.15, 0.2) is 0 Å². The molecule has 4 heavy (non-hydrogen) atoms. The first-order chi connectivity index (χ1) is 0. The van der Waals surface area contributed by atoms with Crippen molar-refractivity contribution in [1.82, 2.24) is 0 Å². The maximum absolute atomic E-state index is 0. The average Bonchev–Trinajstić information content (AvgIpc) is 0. The van der Waals surface area contributed by atoms with Crippen LogP contribution >= 0.6 is 0 Å². The monoisotopic (exact) mass is 99.9 g/mol. The topological polar surface area (TPSA) is 0 Å². The van der Waals surface area contributed by atoms with Crippen molar-refractivity contribution in [1.29, 1.82) is 0 Å². The molecule has 0 saturated heterocycles. The summed E-state index contributed by atoms with van der Waals surface area (Å²) in [5.74, 6) is 0. The minimum absolute atomic E-state index is 0. The molecule has 0 atom stereocenters. The summed E-state index contributed by atoms with van der Waals surface area (Å²) in [6.07, 6.45) is 0. The van der Waals surface area contributed by atoms with Crippen LogP contribution in [0.3, 0.4) is 0 Å². The van der Waals surface area contributed by atoms with E-state index in [0.29, 0.717) is 0 Å². The molecule has 0 aromatic heterocycles. The van der Waals surface area contributed by atoms with Crippen molar-refractivity contribution >= 4 is 11.0 Å². The maximum Gasteiger partial charge on any atom is 0 e. The molecule has 0 aliphatic carbocycles. The Kier molecular flexibility index (Phi) is 856. The molecule has 0 N–H and O–H groups in total. The second-order valence-electron chi connectivity index (χ2n) is 0. The molecule has 0 aliphatic heterocycles. The molecule has 0 unspecified atom stereocenters. The Morgan fingerprint density at radius 3 is 0.750 bits per heavy atom. The van der Waals surface area contributed by atoms with E-state index in [0.717, 1.165) is 0 Å². The molecule has 0 nitrogen and oxygen atoms in total. The summed E-state index contributed by atoms with van der Waals surface area (Å²) >= 11 is 0. The van der Waals surface area contributed by atoms with Crippen molar-refractivity contribution in [3.8, 4) is 0 Å². The first kappa shape index (κ1) is 87.9. The summed E-state index contributed by atoms with van der Waals surface area (Å²) < 4.78 is 0. The molecule has 0 bridgehead atoms. The van der Waals surface area contributed by atoms with Crippen molar-refractivity contribution in [3.05, 3.63) is 14.9 Å². The van der Waals surface area contributed by atoms with Gasteiger partial charge in [-0.05, 0) is 0 Å². The fourth-order valence-corrected chi connectivity index (χ4v) is 0. The minimum atomic E-state index is 0. The zero-order valence-electron chi connectivity index (χ0n) is 2.00. The van der Waals surface area contributed by atoms with Crippen LogP contribution in [0.5, 0.6) is 0 Å². The second-order valence-corrected chi connectivity index (χ2v) is 0. The van der Waals surface area contributed by atoms with Crippen LogP contribution in [0.2, 0.25) is 0 Å². The van der Waals surface area contributed by atoms with Crippen LogP contribution in [0, 0.1) is 14.9 Å². The van der Waals surface area contributed by atoms with Crippen molar-refractivity contribution in [2.24, 2.45) is 0 Å². The first-order valence-electron chi connectivity index (χ1n) is 0. The van der Waals surface area contributed by atoms with Crippen molar-refractivity contribution in [2.75, 3.05) is 0 Å². The molecule has 0 aromatic carbocycles. The van der Waals surface area contributed by atoms with Gasteiger partial charge in [0.05, 0.1) is 0 Å². The maximum atomic E-state index is 0. The standard InChI is InChI=1S/2C.Si.Ti. The molecule has 0 rings (SSSR count). The Morgan fingerprint density at radius 2 is 0.750 bits per heavy atom. The average molecular weight is 100.0 g/mol. The summed E-state index contributed by atoms with van der Waals surface area (Å²) in [6, 6.07) is 0. The van der Waals surface area contributed by atoms with Gasteiger partial charge >= 0.3 is 0 Å². The summed E-state index contributed by atoms with van der Waals surface area (Å²) in [4.78, 5) is 0. The largest absolute Gasteiger partial charge is 0 e. The molecule has 0 amide bonds. The summed E-state index contributed by atoms with van der Waals surface area (Å²) in [6.45, 7) is 0. The Morgan fingerprint density at radius 1 is 0.750 bits per heavy atom. The molecule has 0 aliphatic rings. The quantitative estimate of drug-likeness (QED) is 0.369. The Labute approximate surface area is 47.9 Å². The second kappa shape index (κ2) is 39.0. The van der Waals surface area contributed by atoms with Gasteiger partial charge in [-0.1, -0.05) is 0 Å². The van der Waals surface area contributed by atoms with Gasteiger partial charge < -0.3 is 0 Å². The van der Waals surface area contributed by atoms with E-state index in [1.54, 1.807) is 0 Å². The molecule has 0 saturated carbocycles. The summed E-state index contributed by atoms with van der Waals surface area (Å²) in [5, 5.41) is 0. The normalized spacial score (nSPS) is 0. The van der Waals surface area contributed by atoms with Gasteiger partial charge in [0, 0.05) is 47.5 Å². The predicted molar refractivity (Wildman–Crippen MR) is 12.2 cm³/mol. The van der Waals surface area contributed by atoms with E-state index >= 15 is 0 Å². The zero-order valence-corrected chi connectivity index (χ0v) is 4.56. The van der Waals surface area contributed by atoms with Gasteiger partial charge in [-0.15, -0.1) is 0 Å². The van der Waals surface area contributed by atoms with Crippen LogP contribution < -0.4 is 0 Å². The van der Waals surface area contributed by atoms with E-state index in [1.807, 2.05) is 0 Å². The van der Waals surface area contributed by atoms with Crippen LogP contribution in [0.1, 0.15) is 0 Å². The van der Waals surface area contributed by atoms with Gasteiger partial charge in [0.15, 0.2) is 0 Å². The third kappa shape index (κ3) is 12.6. The molecule has 16 valence electrons. The molecule has 0 heterocycles. The smallest absolute Gasteiger partial charge is 0 e. The Balaban J connectivity index is 0. The zero-order chi connectivity index (χ0) is 0. The third-order valence-corrected chi connectivity index (χ3v) is 0. The summed E-state index contributed by atoms with van der Waals surface area (Å²) in [7, 11) is 0. The van der Waals surface area contributed by atoms with Crippen LogP contribution in [-0.4, -0.2) is 11.0 Å². The van der Waals surface area contributed by atoms with Gasteiger partial charge in [-0.2, -0.15) is 0 Å². The van der Waals surface area contributed by atoms with Gasteiger partial charge in [0.2, 0.25) is 0 Å². The predicted octanol–water partition coefficient (Wildman–Crippen LogP) is -0.221. The molecule has 0 spiro atoms. The van der Waals surface area contributed by atoms with E-state index in [9.17, 15) is 0 Å². The first-order valence-corrected chi connectivity index (χ1v) is 0. The van der Waals surface area contributed by atoms with Crippen LogP contribution in [0.25, 0.3) is 0 Å². The van der Waals surface area contributed by atoms with Gasteiger partial charge in [0.25, 0.3) is 0 Å². The van der Waals surface area contributed by atoms with E-state index in [-0.39, 0.29) is 47.5 Å². The fraction of sp³-hybridized carbons (Fsp3) is 0. The molecule has 0 aromatic rings. The summed E-state index contributed by atoms with van der Waals surface area (Å²) in [5.41, 5.74) is 0. The van der Waals surface area contributed by atoms with Gasteiger partial charge in [-0.3, -0.25) is 0 Å². The Bertz CT molecular complexity index is 6.00. The van der Waals surface area contributed by atoms with E-state index in [4.69, 9.17) is 0 Å². The SMILES string of the molecule is [C].[C].[Si].[Ti]. The van der Waals surface area contributed by atoms with Gasteiger partial charge in [0.1, 0.15) is 0 Å². The van der Waals surface area contributed by atoms with Crippen LogP contribution in [0.4, 0.5) is 0 Å². The van der Waals surface area contributed by atoms with Gasteiger partial charge in [-0.25, -0.2) is 0 Å².